The van der Waals surface area contributed by atoms with Gasteiger partial charge in [-0.1, -0.05) is 12.1 Å². The lowest BCUT2D eigenvalue weighted by Crippen LogP contribution is -1.95. The highest BCUT2D eigenvalue weighted by atomic mass is 19.3. The van der Waals surface area contributed by atoms with Gasteiger partial charge in [-0.25, -0.2) is 13.2 Å². The Kier molecular flexibility index (Phi) is 3.95. The van der Waals surface area contributed by atoms with Crippen LogP contribution in [0.3, 0.4) is 0 Å². The predicted molar refractivity (Wildman–Crippen MR) is 46.8 cm³/mol. The van der Waals surface area contributed by atoms with Gasteiger partial charge >= 0.3 is 0 Å². The molecule has 0 aliphatic carbocycles. The van der Waals surface area contributed by atoms with Gasteiger partial charge in [-0.15, -0.1) is 0 Å². The molecule has 14 heavy (non-hydrogen) atoms. The molecule has 1 nitrogen and oxygen atoms in total. The van der Waals surface area contributed by atoms with Crippen molar-refractivity contribution in [2.45, 2.75) is 19.3 Å². The SMILES string of the molecule is OCCCc1ccc(C(F)F)c(F)c1. The molecule has 0 heterocycles. The van der Waals surface area contributed by atoms with Crippen LogP contribution in [-0.4, -0.2) is 11.7 Å². The van der Waals surface area contributed by atoms with Gasteiger partial charge in [-0.3, -0.25) is 0 Å². The average molecular weight is 204 g/mol. The molecule has 0 unspecified atom stereocenters. The van der Waals surface area contributed by atoms with Crippen LogP contribution < -0.4 is 0 Å². The summed E-state index contributed by atoms with van der Waals surface area (Å²) in [5, 5.41) is 8.53. The fourth-order valence-electron chi connectivity index (χ4n) is 1.19. The summed E-state index contributed by atoms with van der Waals surface area (Å²) in [6, 6.07) is 3.64. The lowest BCUT2D eigenvalue weighted by atomic mass is 10.1. The standard InChI is InChI=1S/C10H11F3O/c11-9-6-7(2-1-5-14)3-4-8(9)10(12)13/h3-4,6,10,14H,1-2,5H2. The Morgan fingerprint density at radius 2 is 2.00 bits per heavy atom. The topological polar surface area (TPSA) is 20.2 Å². The summed E-state index contributed by atoms with van der Waals surface area (Å²) in [6.07, 6.45) is -1.77. The van der Waals surface area contributed by atoms with E-state index in [9.17, 15) is 13.2 Å². The maximum absolute atomic E-state index is 13.0. The summed E-state index contributed by atoms with van der Waals surface area (Å²) >= 11 is 0. The van der Waals surface area contributed by atoms with Crippen LogP contribution in [-0.2, 0) is 6.42 Å². The van der Waals surface area contributed by atoms with Gasteiger partial charge < -0.3 is 5.11 Å². The fraction of sp³-hybridized carbons (Fsp3) is 0.400. The van der Waals surface area contributed by atoms with Gasteiger partial charge in [0.25, 0.3) is 6.43 Å². The Balaban J connectivity index is 2.78. The number of aliphatic hydroxyl groups excluding tert-OH is 1. The molecule has 0 aliphatic rings. The first kappa shape index (κ1) is 11.0. The molecule has 1 rings (SSSR count). The normalized spacial score (nSPS) is 10.9. The van der Waals surface area contributed by atoms with E-state index in [4.69, 9.17) is 5.11 Å². The van der Waals surface area contributed by atoms with Crippen molar-refractivity contribution in [3.8, 4) is 0 Å². The number of halogens is 3. The Labute approximate surface area is 80.2 Å². The second-order valence-electron chi connectivity index (χ2n) is 2.98. The number of hydrogen-bond acceptors (Lipinski definition) is 1. The fourth-order valence-corrected chi connectivity index (χ4v) is 1.19. The molecule has 0 amide bonds. The molecule has 4 heteroatoms. The third-order valence-corrected chi connectivity index (χ3v) is 1.92. The third-order valence-electron chi connectivity index (χ3n) is 1.92. The number of rotatable bonds is 4. The highest BCUT2D eigenvalue weighted by molar-refractivity contribution is 5.25. The highest BCUT2D eigenvalue weighted by Gasteiger charge is 2.12. The molecule has 1 N–H and O–H groups in total. The van der Waals surface area contributed by atoms with Gasteiger partial charge in [0.1, 0.15) is 5.82 Å². The van der Waals surface area contributed by atoms with E-state index in [1.165, 1.54) is 6.07 Å². The smallest absolute Gasteiger partial charge is 0.266 e. The van der Waals surface area contributed by atoms with Crippen LogP contribution in [0.25, 0.3) is 0 Å². The van der Waals surface area contributed by atoms with E-state index in [1.807, 2.05) is 0 Å². The molecular weight excluding hydrogens is 193 g/mol. The molecule has 0 atom stereocenters. The number of hydrogen-bond donors (Lipinski definition) is 1. The quantitative estimate of drug-likeness (QED) is 0.799. The summed E-state index contributed by atoms with van der Waals surface area (Å²) in [7, 11) is 0. The van der Waals surface area contributed by atoms with Crippen molar-refractivity contribution < 1.29 is 18.3 Å². The van der Waals surface area contributed by atoms with E-state index < -0.39 is 17.8 Å². The monoisotopic (exact) mass is 204 g/mol. The molecular formula is C10H11F3O. The van der Waals surface area contributed by atoms with Crippen LogP contribution in [0.5, 0.6) is 0 Å². The minimum absolute atomic E-state index is 0.0121. The van der Waals surface area contributed by atoms with Crippen LogP contribution in [0.2, 0.25) is 0 Å². The number of aliphatic hydroxyl groups is 1. The van der Waals surface area contributed by atoms with Crippen LogP contribution in [0.15, 0.2) is 18.2 Å². The maximum atomic E-state index is 13.0. The zero-order valence-corrected chi connectivity index (χ0v) is 7.51. The lowest BCUT2D eigenvalue weighted by molar-refractivity contribution is 0.146. The molecule has 0 fully saturated rings. The third kappa shape index (κ3) is 2.73. The summed E-state index contributed by atoms with van der Waals surface area (Å²) in [6.45, 7) is 0.0121. The zero-order chi connectivity index (χ0) is 10.6. The molecule has 1 aromatic carbocycles. The Morgan fingerprint density at radius 1 is 1.29 bits per heavy atom. The summed E-state index contributed by atoms with van der Waals surface area (Å²) in [4.78, 5) is 0. The molecule has 78 valence electrons. The lowest BCUT2D eigenvalue weighted by Gasteiger charge is -2.04. The minimum atomic E-state index is -2.78. The molecule has 0 spiro atoms. The van der Waals surface area contributed by atoms with E-state index in [2.05, 4.69) is 0 Å². The number of alkyl halides is 2. The zero-order valence-electron chi connectivity index (χ0n) is 7.51. The van der Waals surface area contributed by atoms with Crippen molar-refractivity contribution in [2.75, 3.05) is 6.61 Å². The van der Waals surface area contributed by atoms with Crippen LogP contribution in [0.1, 0.15) is 24.0 Å². The van der Waals surface area contributed by atoms with Crippen molar-refractivity contribution in [1.29, 1.82) is 0 Å². The van der Waals surface area contributed by atoms with E-state index in [1.54, 1.807) is 0 Å². The van der Waals surface area contributed by atoms with Crippen molar-refractivity contribution in [3.05, 3.63) is 35.1 Å². The molecule has 0 saturated heterocycles. The molecule has 1 aromatic rings. The molecule has 0 bridgehead atoms. The molecule has 0 aliphatic heterocycles. The first-order valence-electron chi connectivity index (χ1n) is 4.32. The maximum Gasteiger partial charge on any atom is 0.266 e. The second kappa shape index (κ2) is 5.00. The Morgan fingerprint density at radius 3 is 2.50 bits per heavy atom. The average Bonchev–Trinajstić information content (AvgIpc) is 2.14. The van der Waals surface area contributed by atoms with Gasteiger partial charge in [-0.2, -0.15) is 0 Å². The Hall–Kier alpha value is -1.03. The van der Waals surface area contributed by atoms with Gasteiger partial charge in [0.2, 0.25) is 0 Å². The van der Waals surface area contributed by atoms with Crippen LogP contribution in [0, 0.1) is 5.82 Å². The largest absolute Gasteiger partial charge is 0.396 e. The first-order valence-corrected chi connectivity index (χ1v) is 4.32. The van der Waals surface area contributed by atoms with Gasteiger partial charge in [-0.05, 0) is 24.5 Å². The van der Waals surface area contributed by atoms with Crippen molar-refractivity contribution in [1.82, 2.24) is 0 Å². The van der Waals surface area contributed by atoms with Crippen molar-refractivity contribution in [3.63, 3.8) is 0 Å². The second-order valence-corrected chi connectivity index (χ2v) is 2.98. The van der Waals surface area contributed by atoms with Gasteiger partial charge in [0.05, 0.1) is 5.56 Å². The van der Waals surface area contributed by atoms with E-state index in [0.717, 1.165) is 12.1 Å². The van der Waals surface area contributed by atoms with Crippen LogP contribution >= 0.6 is 0 Å². The van der Waals surface area contributed by atoms with Gasteiger partial charge in [0.15, 0.2) is 0 Å². The van der Waals surface area contributed by atoms with Crippen molar-refractivity contribution >= 4 is 0 Å². The van der Waals surface area contributed by atoms with Crippen molar-refractivity contribution in [2.24, 2.45) is 0 Å². The highest BCUT2D eigenvalue weighted by Crippen LogP contribution is 2.22. The van der Waals surface area contributed by atoms with E-state index in [-0.39, 0.29) is 6.61 Å². The van der Waals surface area contributed by atoms with Gasteiger partial charge in [0, 0.05) is 6.61 Å². The first-order chi connectivity index (χ1) is 6.65. The molecule has 0 radical (unpaired) electrons. The van der Waals surface area contributed by atoms with E-state index >= 15 is 0 Å². The summed E-state index contributed by atoms with van der Waals surface area (Å²) < 4.78 is 37.2. The number of benzene rings is 1. The predicted octanol–water partition coefficient (Wildman–Crippen LogP) is 2.69. The van der Waals surface area contributed by atoms with Crippen LogP contribution in [0.4, 0.5) is 13.2 Å². The van der Waals surface area contributed by atoms with E-state index in [0.29, 0.717) is 18.4 Å². The summed E-state index contributed by atoms with van der Waals surface area (Å²) in [5.41, 5.74) is 0.0544. The number of aryl methyl sites for hydroxylation is 1. The molecule has 0 aromatic heterocycles. The minimum Gasteiger partial charge on any atom is -0.396 e. The summed E-state index contributed by atoms with van der Waals surface area (Å²) in [5.74, 6) is -0.879. The Bertz CT molecular complexity index is 299. The molecule has 0 saturated carbocycles.